The van der Waals surface area contributed by atoms with Crippen molar-refractivity contribution < 1.29 is 19.5 Å². The molecule has 2 atom stereocenters. The number of fused-ring (bicyclic) bond motifs is 1. The number of anilines is 1. The van der Waals surface area contributed by atoms with E-state index in [0.29, 0.717) is 21.8 Å². The Morgan fingerprint density at radius 3 is 2.35 bits per heavy atom. The predicted molar refractivity (Wildman–Crippen MR) is 125 cm³/mol. The zero-order valence-corrected chi connectivity index (χ0v) is 18.9. The molecule has 3 aromatic rings. The summed E-state index contributed by atoms with van der Waals surface area (Å²) in [5, 5.41) is 13.4. The van der Waals surface area contributed by atoms with Crippen LogP contribution in [0.15, 0.2) is 72.8 Å². The van der Waals surface area contributed by atoms with Crippen LogP contribution in [0.4, 0.5) is 5.69 Å². The third-order valence-electron chi connectivity index (χ3n) is 5.04. The van der Waals surface area contributed by atoms with Crippen LogP contribution in [0.5, 0.6) is 0 Å². The molecule has 0 radical (unpaired) electrons. The minimum absolute atomic E-state index is 0.235. The lowest BCUT2D eigenvalue weighted by Gasteiger charge is -2.34. The van der Waals surface area contributed by atoms with E-state index in [1.807, 2.05) is 0 Å². The van der Waals surface area contributed by atoms with Gasteiger partial charge in [-0.15, -0.1) is 0 Å². The fourth-order valence-corrected chi connectivity index (χ4v) is 4.28. The predicted octanol–water partition coefficient (Wildman–Crippen LogP) is 4.91. The van der Waals surface area contributed by atoms with Crippen LogP contribution in [-0.4, -0.2) is 27.8 Å². The summed E-state index contributed by atoms with van der Waals surface area (Å²) in [6.45, 7) is 0. The van der Waals surface area contributed by atoms with Crippen LogP contribution in [0.25, 0.3) is 0 Å². The van der Waals surface area contributed by atoms with Gasteiger partial charge in [-0.2, -0.15) is 0 Å². The number of amides is 2. The SMILES string of the molecule is O=C(O)[C@H](c1ccccc1)N1C(=O)c2cc(I)ccc2NC(=O)[C@@H]1c1ccc(Cl)cc1. The van der Waals surface area contributed by atoms with Crippen LogP contribution in [0, 0.1) is 3.57 Å². The maximum absolute atomic E-state index is 13.7. The van der Waals surface area contributed by atoms with E-state index in [0.717, 1.165) is 8.47 Å². The number of benzene rings is 3. The number of hydrogen-bond donors (Lipinski definition) is 2. The van der Waals surface area contributed by atoms with Crippen molar-refractivity contribution in [3.05, 3.63) is 98.1 Å². The number of carbonyl (C=O) groups is 3. The van der Waals surface area contributed by atoms with Gasteiger partial charge in [0.2, 0.25) is 0 Å². The molecule has 0 aliphatic carbocycles. The minimum Gasteiger partial charge on any atom is -0.479 e. The van der Waals surface area contributed by atoms with Crippen LogP contribution < -0.4 is 5.32 Å². The van der Waals surface area contributed by atoms with E-state index in [-0.39, 0.29) is 5.56 Å². The third kappa shape index (κ3) is 4.15. The Bertz CT molecular complexity index is 1170. The Hall–Kier alpha value is -2.91. The molecule has 3 aromatic carbocycles. The Balaban J connectivity index is 1.96. The molecule has 0 saturated carbocycles. The van der Waals surface area contributed by atoms with Crippen molar-refractivity contribution >= 4 is 57.7 Å². The van der Waals surface area contributed by atoms with Crippen molar-refractivity contribution in [2.75, 3.05) is 5.32 Å². The second kappa shape index (κ2) is 8.68. The lowest BCUT2D eigenvalue weighted by Crippen LogP contribution is -2.44. The molecular formula is C23H16ClIN2O4. The Labute approximate surface area is 197 Å². The van der Waals surface area contributed by atoms with E-state index in [9.17, 15) is 19.5 Å². The Morgan fingerprint density at radius 2 is 1.71 bits per heavy atom. The summed E-state index contributed by atoms with van der Waals surface area (Å²) in [6.07, 6.45) is 0. The van der Waals surface area contributed by atoms with Crippen molar-refractivity contribution in [1.29, 1.82) is 0 Å². The fourth-order valence-electron chi connectivity index (χ4n) is 3.67. The van der Waals surface area contributed by atoms with Crippen LogP contribution in [-0.2, 0) is 9.59 Å². The van der Waals surface area contributed by atoms with E-state index in [2.05, 4.69) is 27.9 Å². The van der Waals surface area contributed by atoms with Gasteiger partial charge in [-0.1, -0.05) is 54.1 Å². The van der Waals surface area contributed by atoms with Gasteiger partial charge in [0, 0.05) is 8.59 Å². The second-order valence-electron chi connectivity index (χ2n) is 7.00. The van der Waals surface area contributed by atoms with Gasteiger partial charge in [0.15, 0.2) is 6.04 Å². The van der Waals surface area contributed by atoms with E-state index in [1.54, 1.807) is 72.8 Å². The zero-order valence-electron chi connectivity index (χ0n) is 16.0. The molecule has 156 valence electrons. The van der Waals surface area contributed by atoms with Gasteiger partial charge >= 0.3 is 5.97 Å². The molecule has 8 heteroatoms. The highest BCUT2D eigenvalue weighted by atomic mass is 127. The smallest absolute Gasteiger partial charge is 0.331 e. The molecule has 0 saturated heterocycles. The van der Waals surface area contributed by atoms with Gasteiger partial charge in [-0.25, -0.2) is 4.79 Å². The average Bonchev–Trinajstić information content (AvgIpc) is 2.85. The average molecular weight is 547 g/mol. The molecule has 4 rings (SSSR count). The number of nitrogens with zero attached hydrogens (tertiary/aromatic N) is 1. The molecule has 2 amide bonds. The molecule has 1 heterocycles. The molecule has 0 unspecified atom stereocenters. The number of rotatable bonds is 4. The summed E-state index contributed by atoms with van der Waals surface area (Å²) in [7, 11) is 0. The summed E-state index contributed by atoms with van der Waals surface area (Å²) < 4.78 is 0.787. The minimum atomic E-state index is -1.37. The highest BCUT2D eigenvalue weighted by Crippen LogP contribution is 2.38. The maximum atomic E-state index is 13.7. The number of hydrogen-bond acceptors (Lipinski definition) is 3. The molecule has 31 heavy (non-hydrogen) atoms. The first-order valence-corrected chi connectivity index (χ1v) is 10.8. The van der Waals surface area contributed by atoms with E-state index in [4.69, 9.17) is 11.6 Å². The summed E-state index contributed by atoms with van der Waals surface area (Å²) in [6, 6.07) is 17.4. The summed E-state index contributed by atoms with van der Waals surface area (Å²) in [4.78, 5) is 40.6. The first-order chi connectivity index (χ1) is 14.9. The van der Waals surface area contributed by atoms with Gasteiger partial charge < -0.3 is 15.3 Å². The number of carboxylic acid groups (broad SMARTS) is 1. The standard InChI is InChI=1S/C23H16ClIN2O4/c24-15-8-6-14(7-9-15)19-21(28)26-18-11-10-16(25)12-17(18)22(29)27(19)20(23(30)31)13-4-2-1-3-5-13/h1-12,19-20H,(H,26,28)(H,30,31)/t19-,20-/m0/s1. The van der Waals surface area contributed by atoms with Gasteiger partial charge in [-0.05, 0) is 64.0 Å². The van der Waals surface area contributed by atoms with Gasteiger partial charge in [0.05, 0.1) is 11.3 Å². The van der Waals surface area contributed by atoms with Crippen molar-refractivity contribution in [2.24, 2.45) is 0 Å². The van der Waals surface area contributed by atoms with Crippen LogP contribution in [0.3, 0.4) is 0 Å². The largest absolute Gasteiger partial charge is 0.479 e. The molecule has 0 spiro atoms. The van der Waals surface area contributed by atoms with Gasteiger partial charge in [0.25, 0.3) is 11.8 Å². The zero-order chi connectivity index (χ0) is 22.1. The van der Waals surface area contributed by atoms with Crippen molar-refractivity contribution in [1.82, 2.24) is 4.90 Å². The topological polar surface area (TPSA) is 86.7 Å². The molecule has 0 bridgehead atoms. The Morgan fingerprint density at radius 1 is 1.03 bits per heavy atom. The number of halogens is 2. The number of carboxylic acids is 1. The lowest BCUT2D eigenvalue weighted by atomic mass is 9.98. The van der Waals surface area contributed by atoms with Crippen molar-refractivity contribution in [3.8, 4) is 0 Å². The summed E-state index contributed by atoms with van der Waals surface area (Å²) >= 11 is 8.08. The molecule has 2 N–H and O–H groups in total. The van der Waals surface area contributed by atoms with Crippen LogP contribution >= 0.6 is 34.2 Å². The number of nitrogens with one attached hydrogen (secondary N) is 1. The highest BCUT2D eigenvalue weighted by Gasteiger charge is 2.43. The second-order valence-corrected chi connectivity index (χ2v) is 8.68. The third-order valence-corrected chi connectivity index (χ3v) is 5.97. The molecule has 6 nitrogen and oxygen atoms in total. The fraction of sp³-hybridized carbons (Fsp3) is 0.0870. The molecular weight excluding hydrogens is 531 g/mol. The van der Waals surface area contributed by atoms with Gasteiger partial charge in [0.1, 0.15) is 6.04 Å². The molecule has 0 fully saturated rings. The highest BCUT2D eigenvalue weighted by molar-refractivity contribution is 14.1. The Kier molecular flexibility index (Phi) is 5.97. The first kappa shape index (κ1) is 21.3. The quantitative estimate of drug-likeness (QED) is 0.456. The molecule has 0 aromatic heterocycles. The maximum Gasteiger partial charge on any atom is 0.331 e. The lowest BCUT2D eigenvalue weighted by molar-refractivity contribution is -0.144. The first-order valence-electron chi connectivity index (χ1n) is 9.33. The normalized spacial score (nSPS) is 16.8. The summed E-state index contributed by atoms with van der Waals surface area (Å²) in [5.41, 5.74) is 1.43. The van der Waals surface area contributed by atoms with Crippen molar-refractivity contribution in [2.45, 2.75) is 12.1 Å². The van der Waals surface area contributed by atoms with E-state index >= 15 is 0 Å². The van der Waals surface area contributed by atoms with Crippen LogP contribution in [0.2, 0.25) is 5.02 Å². The molecule has 1 aliphatic heterocycles. The van der Waals surface area contributed by atoms with Crippen LogP contribution in [0.1, 0.15) is 33.6 Å². The van der Waals surface area contributed by atoms with E-state index in [1.165, 1.54) is 0 Å². The summed E-state index contributed by atoms with van der Waals surface area (Å²) in [5.74, 6) is -2.29. The van der Waals surface area contributed by atoms with Gasteiger partial charge in [-0.3, -0.25) is 9.59 Å². The monoisotopic (exact) mass is 546 g/mol. The van der Waals surface area contributed by atoms with E-state index < -0.39 is 29.9 Å². The molecule has 1 aliphatic rings. The van der Waals surface area contributed by atoms with Crippen molar-refractivity contribution in [3.63, 3.8) is 0 Å². The number of carbonyl (C=O) groups excluding carboxylic acids is 2. The number of aliphatic carboxylic acids is 1.